The average Bonchev–Trinajstić information content (AvgIpc) is 2.19. The second-order valence-electron chi connectivity index (χ2n) is 3.29. The van der Waals surface area contributed by atoms with Crippen molar-refractivity contribution < 1.29 is 17.6 Å². The predicted molar refractivity (Wildman–Crippen MR) is 54.0 cm³/mol. The van der Waals surface area contributed by atoms with Gasteiger partial charge in [0, 0.05) is 6.54 Å². The molecule has 1 aromatic carbocycles. The maximum absolute atomic E-state index is 12.5. The molecule has 0 aliphatic carbocycles. The molecule has 0 heterocycles. The molecule has 0 saturated heterocycles. The van der Waals surface area contributed by atoms with Crippen LogP contribution >= 0.6 is 0 Å². The van der Waals surface area contributed by atoms with Crippen molar-refractivity contribution in [2.45, 2.75) is 6.18 Å². The summed E-state index contributed by atoms with van der Waals surface area (Å²) in [6, 6.07) is 5.17. The van der Waals surface area contributed by atoms with E-state index in [0.29, 0.717) is 5.56 Å². The van der Waals surface area contributed by atoms with Crippen molar-refractivity contribution in [1.29, 1.82) is 0 Å². The van der Waals surface area contributed by atoms with Crippen LogP contribution in [0.1, 0.15) is 5.56 Å². The molecule has 0 bridgehead atoms. The first-order chi connectivity index (χ1) is 7.43. The Kier molecular flexibility index (Phi) is 4.06. The van der Waals surface area contributed by atoms with Gasteiger partial charge in [0.05, 0.1) is 5.92 Å². The summed E-state index contributed by atoms with van der Waals surface area (Å²) in [4.78, 5) is 0. The minimum Gasteiger partial charge on any atom is -0.330 e. The van der Waals surface area contributed by atoms with Gasteiger partial charge < -0.3 is 5.73 Å². The lowest BCUT2D eigenvalue weighted by molar-refractivity contribution is -0.158. The van der Waals surface area contributed by atoms with Crippen molar-refractivity contribution in [3.05, 3.63) is 41.7 Å². The fraction of sp³-hybridized carbons (Fsp3) is 0.273. The van der Waals surface area contributed by atoms with Crippen molar-refractivity contribution >= 4 is 6.08 Å². The van der Waals surface area contributed by atoms with Crippen LogP contribution in [0.2, 0.25) is 0 Å². The van der Waals surface area contributed by atoms with Crippen LogP contribution in [0.5, 0.6) is 0 Å². The molecule has 1 nitrogen and oxygen atoms in total. The van der Waals surface area contributed by atoms with Crippen LogP contribution in [0.3, 0.4) is 0 Å². The van der Waals surface area contributed by atoms with Gasteiger partial charge in [0.15, 0.2) is 0 Å². The third-order valence-corrected chi connectivity index (χ3v) is 2.07. The Morgan fingerprint density at radius 3 is 2.19 bits per heavy atom. The molecule has 2 N–H and O–H groups in total. The molecule has 1 aromatic rings. The van der Waals surface area contributed by atoms with E-state index in [2.05, 4.69) is 0 Å². The van der Waals surface area contributed by atoms with Gasteiger partial charge in [-0.1, -0.05) is 24.3 Å². The number of benzene rings is 1. The second-order valence-corrected chi connectivity index (χ2v) is 3.29. The van der Waals surface area contributed by atoms with Gasteiger partial charge >= 0.3 is 6.18 Å². The quantitative estimate of drug-likeness (QED) is 0.798. The number of hydrogen-bond acceptors (Lipinski definition) is 1. The van der Waals surface area contributed by atoms with Crippen LogP contribution < -0.4 is 5.73 Å². The van der Waals surface area contributed by atoms with Crippen molar-refractivity contribution in [1.82, 2.24) is 0 Å². The van der Waals surface area contributed by atoms with Gasteiger partial charge in [-0.25, -0.2) is 4.39 Å². The molecule has 0 aliphatic rings. The molecular weight excluding hydrogens is 222 g/mol. The van der Waals surface area contributed by atoms with Gasteiger partial charge in [-0.05, 0) is 17.7 Å². The molecule has 0 saturated carbocycles. The fourth-order valence-corrected chi connectivity index (χ4v) is 1.12. The van der Waals surface area contributed by atoms with E-state index in [9.17, 15) is 17.6 Å². The monoisotopic (exact) mass is 233 g/mol. The molecule has 1 rings (SSSR count). The first-order valence-electron chi connectivity index (χ1n) is 4.64. The van der Waals surface area contributed by atoms with Crippen LogP contribution in [0.15, 0.2) is 30.3 Å². The molecule has 16 heavy (non-hydrogen) atoms. The lowest BCUT2D eigenvalue weighted by atomic mass is 10.1. The summed E-state index contributed by atoms with van der Waals surface area (Å²) < 4.78 is 49.4. The summed E-state index contributed by atoms with van der Waals surface area (Å²) >= 11 is 0. The summed E-state index contributed by atoms with van der Waals surface area (Å²) in [5.41, 5.74) is 5.52. The van der Waals surface area contributed by atoms with Gasteiger partial charge in [-0.3, -0.25) is 0 Å². The first-order valence-corrected chi connectivity index (χ1v) is 4.64. The SMILES string of the molecule is NCC(/C=C/c1ccc(F)cc1)C(F)(F)F. The lowest BCUT2D eigenvalue weighted by Crippen LogP contribution is -2.28. The van der Waals surface area contributed by atoms with Crippen LogP contribution in [-0.2, 0) is 0 Å². The molecule has 0 fully saturated rings. The molecule has 88 valence electrons. The van der Waals surface area contributed by atoms with E-state index in [1.807, 2.05) is 0 Å². The summed E-state index contributed by atoms with van der Waals surface area (Å²) in [7, 11) is 0. The summed E-state index contributed by atoms with van der Waals surface area (Å²) in [5, 5.41) is 0. The average molecular weight is 233 g/mol. The molecule has 0 radical (unpaired) electrons. The molecule has 0 amide bonds. The molecule has 0 spiro atoms. The highest BCUT2D eigenvalue weighted by Gasteiger charge is 2.36. The summed E-state index contributed by atoms with van der Waals surface area (Å²) in [6.45, 7) is -0.499. The van der Waals surface area contributed by atoms with Gasteiger partial charge in [-0.2, -0.15) is 13.2 Å². The van der Waals surface area contributed by atoms with Crippen molar-refractivity contribution in [3.63, 3.8) is 0 Å². The number of rotatable bonds is 3. The molecule has 0 aromatic heterocycles. The Balaban J connectivity index is 2.75. The number of halogens is 4. The fourth-order valence-electron chi connectivity index (χ4n) is 1.12. The van der Waals surface area contributed by atoms with Crippen molar-refractivity contribution in [3.8, 4) is 0 Å². The summed E-state index contributed by atoms with van der Waals surface area (Å²) in [5.74, 6) is -2.10. The summed E-state index contributed by atoms with van der Waals surface area (Å²) in [6.07, 6.45) is -2.08. The maximum Gasteiger partial charge on any atom is 0.396 e. The van der Waals surface area contributed by atoms with Crippen LogP contribution in [-0.4, -0.2) is 12.7 Å². The highest BCUT2D eigenvalue weighted by Crippen LogP contribution is 2.26. The van der Waals surface area contributed by atoms with E-state index in [1.54, 1.807) is 0 Å². The first kappa shape index (κ1) is 12.7. The smallest absolute Gasteiger partial charge is 0.330 e. The number of nitrogens with two attached hydrogens (primary N) is 1. The zero-order valence-electron chi connectivity index (χ0n) is 8.34. The van der Waals surface area contributed by atoms with Crippen LogP contribution in [0.4, 0.5) is 17.6 Å². The van der Waals surface area contributed by atoms with E-state index in [0.717, 1.165) is 6.08 Å². The number of alkyl halides is 3. The van der Waals surface area contributed by atoms with E-state index < -0.39 is 24.5 Å². The van der Waals surface area contributed by atoms with E-state index in [1.165, 1.54) is 30.3 Å². The zero-order chi connectivity index (χ0) is 12.2. The molecule has 5 heteroatoms. The Labute approximate surface area is 90.6 Å². The normalized spacial score (nSPS) is 14.3. The number of hydrogen-bond donors (Lipinski definition) is 1. The molecule has 1 unspecified atom stereocenters. The third kappa shape index (κ3) is 3.66. The van der Waals surface area contributed by atoms with Gasteiger partial charge in [0.1, 0.15) is 5.82 Å². The van der Waals surface area contributed by atoms with Gasteiger partial charge in [-0.15, -0.1) is 0 Å². The zero-order valence-corrected chi connectivity index (χ0v) is 8.34. The second kappa shape index (κ2) is 5.12. The predicted octanol–water partition coefficient (Wildman–Crippen LogP) is 2.98. The molecule has 1 atom stereocenters. The molecular formula is C11H11F4N. The maximum atomic E-state index is 12.5. The topological polar surface area (TPSA) is 26.0 Å². The minimum absolute atomic E-state index is 0.427. The van der Waals surface area contributed by atoms with Crippen molar-refractivity contribution in [2.24, 2.45) is 11.7 Å². The Bertz CT molecular complexity index is 353. The minimum atomic E-state index is -4.34. The van der Waals surface area contributed by atoms with Gasteiger partial charge in [0.2, 0.25) is 0 Å². The Hall–Kier alpha value is -1.36. The lowest BCUT2D eigenvalue weighted by Gasteiger charge is -2.13. The highest BCUT2D eigenvalue weighted by molar-refractivity contribution is 5.49. The Morgan fingerprint density at radius 2 is 1.75 bits per heavy atom. The van der Waals surface area contributed by atoms with E-state index in [4.69, 9.17) is 5.73 Å². The highest BCUT2D eigenvalue weighted by atomic mass is 19.4. The molecule has 0 aliphatic heterocycles. The van der Waals surface area contributed by atoms with Gasteiger partial charge in [0.25, 0.3) is 0 Å². The van der Waals surface area contributed by atoms with Crippen molar-refractivity contribution in [2.75, 3.05) is 6.54 Å². The standard InChI is InChI=1S/C11H11F4N/c12-10-5-2-8(3-6-10)1-4-9(7-16)11(13,14)15/h1-6,9H,7,16H2/b4-1+. The van der Waals surface area contributed by atoms with E-state index in [-0.39, 0.29) is 0 Å². The van der Waals surface area contributed by atoms with Crippen LogP contribution in [0, 0.1) is 11.7 Å². The van der Waals surface area contributed by atoms with Crippen LogP contribution in [0.25, 0.3) is 6.08 Å². The third-order valence-electron chi connectivity index (χ3n) is 2.07. The Morgan fingerprint density at radius 1 is 1.19 bits per heavy atom. The van der Waals surface area contributed by atoms with E-state index >= 15 is 0 Å². The largest absolute Gasteiger partial charge is 0.396 e.